The van der Waals surface area contributed by atoms with Crippen LogP contribution in [0.3, 0.4) is 0 Å². The molecule has 0 aromatic rings. The highest BCUT2D eigenvalue weighted by molar-refractivity contribution is 6.27. The molecule has 1 rings (SSSR count). The summed E-state index contributed by atoms with van der Waals surface area (Å²) in [4.78, 5) is 27.1. The molecule has 1 amide bonds. The van der Waals surface area contributed by atoms with Crippen LogP contribution in [0.2, 0.25) is 0 Å². The largest absolute Gasteiger partial charge is 0.492 e. The third-order valence-electron chi connectivity index (χ3n) is 2.51. The predicted molar refractivity (Wildman–Crippen MR) is 55.6 cm³/mol. The number of carbonyl (C=O) groups is 2. The first-order valence-corrected chi connectivity index (χ1v) is 5.75. The number of likely N-dealkylation sites (tertiary alicyclic amines) is 1. The normalized spacial score (nSPS) is 17.7. The smallest absolute Gasteiger partial charge is 0.363 e. The topological polar surface area (TPSA) is 58.6 Å². The Kier molecular flexibility index (Phi) is 5.21. The minimum absolute atomic E-state index is 0.124. The Bertz CT molecular complexity index is 317. The van der Waals surface area contributed by atoms with Gasteiger partial charge in [-0.15, -0.1) is 17.1 Å². The van der Waals surface area contributed by atoms with Crippen molar-refractivity contribution in [1.82, 2.24) is 10.4 Å². The molecule has 0 saturated carbocycles. The highest BCUT2D eigenvalue weighted by Gasteiger charge is 2.41. The van der Waals surface area contributed by atoms with Crippen molar-refractivity contribution in [3.63, 3.8) is 0 Å². The van der Waals surface area contributed by atoms with Gasteiger partial charge in [-0.1, -0.05) is 0 Å². The lowest BCUT2D eigenvalue weighted by Crippen LogP contribution is -2.46. The lowest BCUT2D eigenvalue weighted by atomic mass is 10.1. The monoisotopic (exact) mass is 288 g/mol. The number of hydrogen-bond acceptors (Lipinski definition) is 4. The van der Waals surface area contributed by atoms with Crippen molar-refractivity contribution in [2.24, 2.45) is 0 Å². The highest BCUT2D eigenvalue weighted by Crippen LogP contribution is 2.17. The van der Waals surface area contributed by atoms with Crippen LogP contribution in [0, 0.1) is 0 Å². The van der Waals surface area contributed by atoms with Crippen LogP contribution in [0.5, 0.6) is 0 Å². The van der Waals surface area contributed by atoms with Gasteiger partial charge >= 0.3 is 12.1 Å². The maximum Gasteiger partial charge on any atom is 0.492 e. The van der Waals surface area contributed by atoms with Crippen molar-refractivity contribution < 1.29 is 27.6 Å². The fourth-order valence-corrected chi connectivity index (χ4v) is 1.70. The summed E-state index contributed by atoms with van der Waals surface area (Å²) in [6.07, 6.45) is -4.22. The molecule has 1 saturated heterocycles. The molecule has 5 nitrogen and oxygen atoms in total. The summed E-state index contributed by atoms with van der Waals surface area (Å²) in [5, 5.41) is 0. The number of hydroxylamine groups is 1. The lowest BCUT2D eigenvalue weighted by molar-refractivity contribution is -0.209. The third-order valence-corrected chi connectivity index (χ3v) is 2.74. The zero-order valence-corrected chi connectivity index (χ0v) is 10.1. The van der Waals surface area contributed by atoms with E-state index in [0.29, 0.717) is 25.9 Å². The summed E-state index contributed by atoms with van der Waals surface area (Å²) < 4.78 is 35.5. The molecule has 0 radical (unpaired) electrons. The van der Waals surface area contributed by atoms with Gasteiger partial charge in [-0.2, -0.15) is 13.2 Å². The molecule has 1 aliphatic rings. The summed E-state index contributed by atoms with van der Waals surface area (Å²) in [5.41, 5.74) is 2.06. The van der Waals surface area contributed by atoms with Crippen molar-refractivity contribution in [2.45, 2.75) is 25.1 Å². The van der Waals surface area contributed by atoms with Crippen molar-refractivity contribution in [1.29, 1.82) is 0 Å². The first-order valence-electron chi connectivity index (χ1n) is 5.22. The Balaban J connectivity index is 2.28. The van der Waals surface area contributed by atoms with Gasteiger partial charge in [0.05, 0.1) is 0 Å². The molecular formula is C9H12ClF3N2O3. The first-order chi connectivity index (χ1) is 8.34. The van der Waals surface area contributed by atoms with Gasteiger partial charge < -0.3 is 9.74 Å². The van der Waals surface area contributed by atoms with Gasteiger partial charge in [0.2, 0.25) is 5.91 Å². The first kappa shape index (κ1) is 15.0. The average molecular weight is 289 g/mol. The molecular weight excluding hydrogens is 277 g/mol. The Morgan fingerprint density at radius 3 is 2.33 bits per heavy atom. The van der Waals surface area contributed by atoms with E-state index in [9.17, 15) is 22.8 Å². The van der Waals surface area contributed by atoms with Crippen LogP contribution in [0.4, 0.5) is 13.2 Å². The Morgan fingerprint density at radius 1 is 1.33 bits per heavy atom. The highest BCUT2D eigenvalue weighted by atomic mass is 35.5. The molecule has 1 fully saturated rings. The predicted octanol–water partition coefficient (Wildman–Crippen LogP) is 0.826. The summed E-state index contributed by atoms with van der Waals surface area (Å²) >= 11 is 5.37. The van der Waals surface area contributed by atoms with Crippen LogP contribution in [0.25, 0.3) is 0 Å². The van der Waals surface area contributed by atoms with Gasteiger partial charge in [0.25, 0.3) is 0 Å². The summed E-state index contributed by atoms with van der Waals surface area (Å²) in [5.74, 6) is -2.62. The summed E-state index contributed by atoms with van der Waals surface area (Å²) in [6, 6.07) is -0.393. The van der Waals surface area contributed by atoms with Crippen molar-refractivity contribution in [3.05, 3.63) is 0 Å². The van der Waals surface area contributed by atoms with Crippen LogP contribution < -0.4 is 5.48 Å². The van der Waals surface area contributed by atoms with Crippen LogP contribution in [0.15, 0.2) is 0 Å². The molecule has 0 aromatic carbocycles. The third kappa shape index (κ3) is 4.34. The second-order valence-electron chi connectivity index (χ2n) is 3.79. The maximum absolute atomic E-state index is 11.8. The van der Waals surface area contributed by atoms with E-state index in [2.05, 4.69) is 10.3 Å². The second kappa shape index (κ2) is 6.24. The Morgan fingerprint density at radius 2 is 1.89 bits per heavy atom. The number of carbonyl (C=O) groups excluding carboxylic acids is 2. The maximum atomic E-state index is 11.8. The summed E-state index contributed by atoms with van der Waals surface area (Å²) in [6.45, 7) is 0.736. The van der Waals surface area contributed by atoms with E-state index in [1.165, 1.54) is 4.90 Å². The van der Waals surface area contributed by atoms with E-state index < -0.39 is 18.2 Å². The van der Waals surface area contributed by atoms with E-state index in [0.717, 1.165) is 0 Å². The van der Waals surface area contributed by atoms with E-state index in [-0.39, 0.29) is 11.8 Å². The minimum atomic E-state index is -5.01. The summed E-state index contributed by atoms with van der Waals surface area (Å²) in [7, 11) is 0. The van der Waals surface area contributed by atoms with Crippen molar-refractivity contribution in [2.75, 3.05) is 19.0 Å². The van der Waals surface area contributed by atoms with Crippen LogP contribution in [0.1, 0.15) is 12.8 Å². The second-order valence-corrected chi connectivity index (χ2v) is 4.06. The average Bonchev–Trinajstić information content (AvgIpc) is 2.34. The van der Waals surface area contributed by atoms with E-state index in [4.69, 9.17) is 11.6 Å². The quantitative estimate of drug-likeness (QED) is 0.617. The number of halogens is 4. The zero-order valence-electron chi connectivity index (χ0n) is 9.30. The number of alkyl halides is 4. The molecule has 0 aliphatic carbocycles. The number of nitrogens with zero attached hydrogens (tertiary/aromatic N) is 1. The molecule has 18 heavy (non-hydrogen) atoms. The molecule has 1 N–H and O–H groups in total. The number of hydrogen-bond donors (Lipinski definition) is 1. The number of nitrogens with one attached hydrogen (secondary N) is 1. The molecule has 104 valence electrons. The molecule has 9 heteroatoms. The van der Waals surface area contributed by atoms with Crippen LogP contribution in [-0.4, -0.2) is 48.0 Å². The Labute approximate surface area is 106 Å². The molecule has 0 atom stereocenters. The van der Waals surface area contributed by atoms with Gasteiger partial charge in [0.1, 0.15) is 5.88 Å². The fraction of sp³-hybridized carbons (Fsp3) is 0.778. The molecule has 0 spiro atoms. The van der Waals surface area contributed by atoms with Gasteiger partial charge in [-0.05, 0) is 12.8 Å². The lowest BCUT2D eigenvalue weighted by Gasteiger charge is -2.31. The molecule has 0 aromatic heterocycles. The van der Waals surface area contributed by atoms with Gasteiger partial charge in [0.15, 0.2) is 0 Å². The van der Waals surface area contributed by atoms with E-state index in [1.54, 1.807) is 0 Å². The van der Waals surface area contributed by atoms with Crippen molar-refractivity contribution in [3.8, 4) is 0 Å². The number of piperidine rings is 1. The van der Waals surface area contributed by atoms with Crippen LogP contribution in [-0.2, 0) is 14.4 Å². The molecule has 1 heterocycles. The SMILES string of the molecule is O=C(CCl)N1CCC(NOC(=O)C(F)(F)F)CC1. The van der Waals surface area contributed by atoms with Gasteiger partial charge in [-0.25, -0.2) is 4.79 Å². The standard InChI is InChI=1S/C9H12ClF3N2O3/c10-5-7(16)15-3-1-6(2-4-15)14-18-8(17)9(11,12)13/h6,14H,1-5H2. The number of amides is 1. The minimum Gasteiger partial charge on any atom is -0.363 e. The van der Waals surface area contributed by atoms with Crippen molar-refractivity contribution >= 4 is 23.5 Å². The number of rotatable bonds is 3. The molecule has 1 aliphatic heterocycles. The van der Waals surface area contributed by atoms with E-state index >= 15 is 0 Å². The van der Waals surface area contributed by atoms with E-state index in [1.807, 2.05) is 0 Å². The molecule has 0 bridgehead atoms. The van der Waals surface area contributed by atoms with Crippen LogP contribution >= 0.6 is 11.6 Å². The fourth-order valence-electron chi connectivity index (χ4n) is 1.53. The zero-order chi connectivity index (χ0) is 13.8. The van der Waals surface area contributed by atoms with Gasteiger partial charge in [-0.3, -0.25) is 4.79 Å². The van der Waals surface area contributed by atoms with Gasteiger partial charge in [0, 0.05) is 19.1 Å². The molecule has 0 unspecified atom stereocenters. The Hall–Kier alpha value is -1.02.